The molecule has 12 heavy (non-hydrogen) atoms. The molecule has 1 rings (SSSR count). The summed E-state index contributed by atoms with van der Waals surface area (Å²) in [5.74, 6) is 0. The molecular formula is C6H7F3N2S. The minimum atomic E-state index is -4.32. The lowest BCUT2D eigenvalue weighted by atomic mass is 10.4. The molecule has 0 aromatic carbocycles. The molecule has 6 heteroatoms. The van der Waals surface area contributed by atoms with Crippen LogP contribution in [0.4, 0.5) is 13.2 Å². The second kappa shape index (κ2) is 3.01. The molecule has 0 N–H and O–H groups in total. The van der Waals surface area contributed by atoms with Crippen molar-refractivity contribution in [2.75, 3.05) is 6.26 Å². The first-order valence-electron chi connectivity index (χ1n) is 3.10. The third kappa shape index (κ3) is 1.57. The molecular weight excluding hydrogens is 189 g/mol. The molecule has 0 radical (unpaired) electrons. The number of alkyl halides is 3. The minimum absolute atomic E-state index is 0.157. The van der Waals surface area contributed by atoms with E-state index in [9.17, 15) is 13.2 Å². The SMILES string of the molecule is CSc1cnn(C)c1C(F)(F)F. The van der Waals surface area contributed by atoms with Gasteiger partial charge < -0.3 is 0 Å². The maximum atomic E-state index is 12.3. The van der Waals surface area contributed by atoms with Crippen LogP contribution >= 0.6 is 11.8 Å². The Morgan fingerprint density at radius 1 is 1.50 bits per heavy atom. The van der Waals surface area contributed by atoms with E-state index in [1.807, 2.05) is 0 Å². The third-order valence-electron chi connectivity index (χ3n) is 1.39. The Morgan fingerprint density at radius 3 is 2.42 bits per heavy atom. The van der Waals surface area contributed by atoms with Crippen LogP contribution in [-0.2, 0) is 13.2 Å². The number of halogens is 3. The van der Waals surface area contributed by atoms with Gasteiger partial charge in [0, 0.05) is 7.05 Å². The first-order valence-corrected chi connectivity index (χ1v) is 4.32. The van der Waals surface area contributed by atoms with Gasteiger partial charge in [0.15, 0.2) is 5.69 Å². The smallest absolute Gasteiger partial charge is 0.262 e. The van der Waals surface area contributed by atoms with Crippen LogP contribution in [0.1, 0.15) is 5.69 Å². The van der Waals surface area contributed by atoms with Crippen LogP contribution in [-0.4, -0.2) is 16.0 Å². The van der Waals surface area contributed by atoms with Crippen LogP contribution in [0, 0.1) is 0 Å². The molecule has 2 nitrogen and oxygen atoms in total. The predicted molar refractivity (Wildman–Crippen MR) is 40.0 cm³/mol. The van der Waals surface area contributed by atoms with E-state index >= 15 is 0 Å². The average Bonchev–Trinajstić information content (AvgIpc) is 2.29. The van der Waals surface area contributed by atoms with Crippen molar-refractivity contribution in [3.05, 3.63) is 11.9 Å². The van der Waals surface area contributed by atoms with Crippen LogP contribution in [0.15, 0.2) is 11.1 Å². The Labute approximate surface area is 71.8 Å². The summed E-state index contributed by atoms with van der Waals surface area (Å²) in [7, 11) is 1.28. The number of hydrogen-bond acceptors (Lipinski definition) is 2. The molecule has 1 aromatic rings. The molecule has 0 saturated heterocycles. The Morgan fingerprint density at radius 2 is 2.08 bits per heavy atom. The Kier molecular flexibility index (Phi) is 2.36. The maximum absolute atomic E-state index is 12.3. The standard InChI is InChI=1S/C6H7F3N2S/c1-11-5(6(7,8)9)4(12-2)3-10-11/h3H,1-2H3. The van der Waals surface area contributed by atoms with Gasteiger partial charge in [-0.2, -0.15) is 18.3 Å². The van der Waals surface area contributed by atoms with Gasteiger partial charge in [0.25, 0.3) is 0 Å². The molecule has 0 bridgehead atoms. The van der Waals surface area contributed by atoms with Crippen LogP contribution in [0.5, 0.6) is 0 Å². The topological polar surface area (TPSA) is 17.8 Å². The van der Waals surface area contributed by atoms with E-state index in [1.165, 1.54) is 13.2 Å². The van der Waals surface area contributed by atoms with Gasteiger partial charge in [-0.3, -0.25) is 4.68 Å². The number of rotatable bonds is 1. The van der Waals surface area contributed by atoms with Crippen LogP contribution < -0.4 is 0 Å². The molecule has 1 aromatic heterocycles. The van der Waals surface area contributed by atoms with Crippen molar-refractivity contribution in [3.8, 4) is 0 Å². The van der Waals surface area contributed by atoms with Gasteiger partial charge in [-0.1, -0.05) is 0 Å². The van der Waals surface area contributed by atoms with Gasteiger partial charge in [0.05, 0.1) is 11.1 Å². The van der Waals surface area contributed by atoms with Crippen molar-refractivity contribution in [3.63, 3.8) is 0 Å². The molecule has 0 aliphatic rings. The van der Waals surface area contributed by atoms with Gasteiger partial charge >= 0.3 is 6.18 Å². The van der Waals surface area contributed by atoms with Gasteiger partial charge in [-0.25, -0.2) is 0 Å². The predicted octanol–water partition coefficient (Wildman–Crippen LogP) is 2.16. The second-order valence-electron chi connectivity index (χ2n) is 2.18. The number of aryl methyl sites for hydroxylation is 1. The van der Waals surface area contributed by atoms with Crippen LogP contribution in [0.25, 0.3) is 0 Å². The minimum Gasteiger partial charge on any atom is -0.262 e. The summed E-state index contributed by atoms with van der Waals surface area (Å²) in [5.41, 5.74) is -0.685. The molecule has 0 aliphatic heterocycles. The zero-order valence-electron chi connectivity index (χ0n) is 6.51. The van der Waals surface area contributed by atoms with Crippen LogP contribution in [0.3, 0.4) is 0 Å². The van der Waals surface area contributed by atoms with E-state index in [4.69, 9.17) is 0 Å². The fourth-order valence-electron chi connectivity index (χ4n) is 0.890. The monoisotopic (exact) mass is 196 g/mol. The van der Waals surface area contributed by atoms with E-state index in [0.717, 1.165) is 16.4 Å². The second-order valence-corrected chi connectivity index (χ2v) is 3.03. The van der Waals surface area contributed by atoms with Crippen molar-refractivity contribution < 1.29 is 13.2 Å². The van der Waals surface area contributed by atoms with Gasteiger partial charge in [-0.15, -0.1) is 11.8 Å². The summed E-state index contributed by atoms with van der Waals surface area (Å²) in [5, 5.41) is 3.53. The van der Waals surface area contributed by atoms with Gasteiger partial charge in [0.2, 0.25) is 0 Å². The van der Waals surface area contributed by atoms with E-state index in [1.54, 1.807) is 6.26 Å². The van der Waals surface area contributed by atoms with Crippen molar-refractivity contribution >= 4 is 11.8 Å². The highest BCUT2D eigenvalue weighted by molar-refractivity contribution is 7.98. The number of hydrogen-bond donors (Lipinski definition) is 0. The van der Waals surface area contributed by atoms with E-state index in [2.05, 4.69) is 5.10 Å². The summed E-state index contributed by atoms with van der Waals surface area (Å²) in [6, 6.07) is 0. The fourth-order valence-corrected chi connectivity index (χ4v) is 1.48. The molecule has 68 valence electrons. The van der Waals surface area contributed by atoms with Gasteiger partial charge in [-0.05, 0) is 6.26 Å². The van der Waals surface area contributed by atoms with Gasteiger partial charge in [0.1, 0.15) is 0 Å². The van der Waals surface area contributed by atoms with Crippen molar-refractivity contribution in [2.24, 2.45) is 7.05 Å². The Balaban J connectivity index is 3.19. The normalized spacial score (nSPS) is 12.1. The Hall–Kier alpha value is -0.650. The highest BCUT2D eigenvalue weighted by atomic mass is 32.2. The zero-order valence-corrected chi connectivity index (χ0v) is 7.33. The van der Waals surface area contributed by atoms with E-state index in [0.29, 0.717) is 0 Å². The molecule has 0 fully saturated rings. The molecule has 0 spiro atoms. The molecule has 0 atom stereocenters. The fraction of sp³-hybridized carbons (Fsp3) is 0.500. The number of aromatic nitrogens is 2. The summed E-state index contributed by atoms with van der Waals surface area (Å²) in [6.45, 7) is 0. The van der Waals surface area contributed by atoms with Crippen molar-refractivity contribution in [1.82, 2.24) is 9.78 Å². The Bertz CT molecular complexity index is 279. The summed E-state index contributed by atoms with van der Waals surface area (Å²) < 4.78 is 37.6. The molecule has 0 amide bonds. The number of nitrogens with zero attached hydrogens (tertiary/aromatic N) is 2. The summed E-state index contributed by atoms with van der Waals surface area (Å²) in [6.07, 6.45) is -1.51. The molecule has 1 heterocycles. The van der Waals surface area contributed by atoms with Crippen LogP contribution in [0.2, 0.25) is 0 Å². The summed E-state index contributed by atoms with van der Waals surface area (Å²) in [4.78, 5) is 0.157. The highest BCUT2D eigenvalue weighted by Gasteiger charge is 2.37. The molecule has 0 aliphatic carbocycles. The maximum Gasteiger partial charge on any atom is 0.434 e. The lowest BCUT2D eigenvalue weighted by Gasteiger charge is -2.07. The lowest BCUT2D eigenvalue weighted by Crippen LogP contribution is -2.12. The van der Waals surface area contributed by atoms with E-state index in [-0.39, 0.29) is 4.90 Å². The van der Waals surface area contributed by atoms with E-state index < -0.39 is 11.9 Å². The van der Waals surface area contributed by atoms with Crippen molar-refractivity contribution in [2.45, 2.75) is 11.1 Å². The first-order chi connectivity index (χ1) is 5.46. The largest absolute Gasteiger partial charge is 0.434 e. The zero-order chi connectivity index (χ0) is 9.35. The van der Waals surface area contributed by atoms with Crippen molar-refractivity contribution in [1.29, 1.82) is 0 Å². The lowest BCUT2D eigenvalue weighted by molar-refractivity contribution is -0.145. The first kappa shape index (κ1) is 9.44. The highest BCUT2D eigenvalue weighted by Crippen LogP contribution is 2.35. The molecule has 0 saturated carbocycles. The average molecular weight is 196 g/mol. The molecule has 0 unspecified atom stereocenters. The quantitative estimate of drug-likeness (QED) is 0.640. The summed E-state index contributed by atoms with van der Waals surface area (Å²) >= 11 is 1.04. The third-order valence-corrected chi connectivity index (χ3v) is 2.13. The number of thioether (sulfide) groups is 1.